The summed E-state index contributed by atoms with van der Waals surface area (Å²) in [5, 5.41) is 14.4. The van der Waals surface area contributed by atoms with Gasteiger partial charge in [0.1, 0.15) is 11.6 Å². The summed E-state index contributed by atoms with van der Waals surface area (Å²) in [7, 11) is 0. The first kappa shape index (κ1) is 23.0. The lowest BCUT2D eigenvalue weighted by molar-refractivity contribution is -0.136. The van der Waals surface area contributed by atoms with E-state index < -0.39 is 17.6 Å². The highest BCUT2D eigenvalue weighted by atomic mass is 35.5. The molecule has 0 bridgehead atoms. The number of aromatic nitrogens is 1. The van der Waals surface area contributed by atoms with E-state index in [1.165, 1.54) is 10.5 Å². The number of fused-ring (bicyclic) bond motifs is 1. The van der Waals surface area contributed by atoms with Crippen LogP contribution in [0.1, 0.15) is 58.6 Å². The monoisotopic (exact) mass is 482 g/mol. The lowest BCUT2D eigenvalue weighted by Gasteiger charge is -2.38. The molecule has 1 aromatic carbocycles. The lowest BCUT2D eigenvalue weighted by atomic mass is 9.87. The van der Waals surface area contributed by atoms with Crippen molar-refractivity contribution < 1.29 is 19.5 Å². The van der Waals surface area contributed by atoms with Gasteiger partial charge in [-0.05, 0) is 55.5 Å². The molecule has 178 valence electrons. The summed E-state index contributed by atoms with van der Waals surface area (Å²) in [6.45, 7) is 4.43. The zero-order chi connectivity index (χ0) is 24.0. The van der Waals surface area contributed by atoms with Gasteiger partial charge < -0.3 is 10.0 Å². The molecule has 1 atom stereocenters. The van der Waals surface area contributed by atoms with Crippen molar-refractivity contribution in [1.82, 2.24) is 20.1 Å². The standard InChI is InChI=1S/C25H27ClN4O4/c1-15-12-16(2-4-18(15)26)13-29-10-8-25(34,9-11-29)21-6-3-17-19(27-21)14-30(24(17)33)20-5-7-22(31)28-23(20)32/h2-4,6,12,20,34H,5,7-11,13-14H2,1H3,(H,28,31,32). The number of halogens is 1. The van der Waals surface area contributed by atoms with E-state index in [4.69, 9.17) is 11.6 Å². The van der Waals surface area contributed by atoms with Crippen molar-refractivity contribution in [3.8, 4) is 0 Å². The molecule has 0 radical (unpaired) electrons. The van der Waals surface area contributed by atoms with Crippen LogP contribution in [0.15, 0.2) is 30.3 Å². The zero-order valence-electron chi connectivity index (χ0n) is 19.0. The molecular formula is C25H27ClN4O4. The molecule has 0 spiro atoms. The summed E-state index contributed by atoms with van der Waals surface area (Å²) < 4.78 is 0. The summed E-state index contributed by atoms with van der Waals surface area (Å²) >= 11 is 6.13. The Morgan fingerprint density at radius 3 is 2.65 bits per heavy atom. The van der Waals surface area contributed by atoms with E-state index in [-0.39, 0.29) is 24.8 Å². The molecule has 2 N–H and O–H groups in total. The van der Waals surface area contributed by atoms with Crippen LogP contribution in [0.3, 0.4) is 0 Å². The van der Waals surface area contributed by atoms with Gasteiger partial charge in [-0.1, -0.05) is 23.7 Å². The Morgan fingerprint density at radius 2 is 1.94 bits per heavy atom. The number of amides is 3. The number of aliphatic hydroxyl groups is 1. The molecule has 8 nitrogen and oxygen atoms in total. The minimum atomic E-state index is -1.06. The van der Waals surface area contributed by atoms with Crippen molar-refractivity contribution in [2.24, 2.45) is 0 Å². The molecule has 2 saturated heterocycles. The Bertz CT molecular complexity index is 1180. The van der Waals surface area contributed by atoms with Crippen LogP contribution >= 0.6 is 11.6 Å². The number of hydrogen-bond donors (Lipinski definition) is 2. The van der Waals surface area contributed by atoms with E-state index in [1.54, 1.807) is 12.1 Å². The fraction of sp³-hybridized carbons (Fsp3) is 0.440. The van der Waals surface area contributed by atoms with Crippen LogP contribution in [0.25, 0.3) is 0 Å². The first-order valence-electron chi connectivity index (χ1n) is 11.6. The quantitative estimate of drug-likeness (QED) is 0.648. The number of carbonyl (C=O) groups is 3. The number of nitrogens with zero attached hydrogens (tertiary/aromatic N) is 3. The van der Waals surface area contributed by atoms with E-state index in [1.807, 2.05) is 19.1 Å². The second kappa shape index (κ2) is 8.76. The molecule has 2 aromatic rings. The smallest absolute Gasteiger partial charge is 0.256 e. The lowest BCUT2D eigenvalue weighted by Crippen LogP contribution is -2.52. The van der Waals surface area contributed by atoms with Gasteiger partial charge in [0.05, 0.1) is 23.5 Å². The Morgan fingerprint density at radius 1 is 1.18 bits per heavy atom. The largest absolute Gasteiger partial charge is 0.383 e. The van der Waals surface area contributed by atoms with Crippen LogP contribution in [-0.2, 0) is 28.3 Å². The van der Waals surface area contributed by atoms with Crippen molar-refractivity contribution in [3.05, 3.63) is 63.4 Å². The van der Waals surface area contributed by atoms with E-state index in [9.17, 15) is 19.5 Å². The summed E-state index contributed by atoms with van der Waals surface area (Å²) in [6, 6.07) is 8.79. The van der Waals surface area contributed by atoms with Crippen molar-refractivity contribution >= 4 is 29.3 Å². The highest BCUT2D eigenvalue weighted by molar-refractivity contribution is 6.31. The highest BCUT2D eigenvalue weighted by Crippen LogP contribution is 2.35. The predicted octanol–water partition coefficient (Wildman–Crippen LogP) is 2.29. The number of likely N-dealkylation sites (tertiary alicyclic amines) is 1. The van der Waals surface area contributed by atoms with Gasteiger partial charge in [0, 0.05) is 31.1 Å². The summed E-state index contributed by atoms with van der Waals surface area (Å²) in [4.78, 5) is 45.1. The summed E-state index contributed by atoms with van der Waals surface area (Å²) in [5.74, 6) is -1.02. The highest BCUT2D eigenvalue weighted by Gasteiger charge is 2.41. The Labute approximate surface area is 202 Å². The van der Waals surface area contributed by atoms with Crippen molar-refractivity contribution in [2.75, 3.05) is 13.1 Å². The average molecular weight is 483 g/mol. The fourth-order valence-corrected chi connectivity index (χ4v) is 5.21. The number of pyridine rings is 1. The van der Waals surface area contributed by atoms with Gasteiger partial charge >= 0.3 is 0 Å². The van der Waals surface area contributed by atoms with Gasteiger partial charge in [0.25, 0.3) is 5.91 Å². The van der Waals surface area contributed by atoms with Crippen molar-refractivity contribution in [1.29, 1.82) is 0 Å². The number of piperidine rings is 2. The van der Waals surface area contributed by atoms with Crippen LogP contribution in [0, 0.1) is 6.92 Å². The molecule has 5 rings (SSSR count). The molecule has 3 amide bonds. The molecule has 2 fully saturated rings. The maximum Gasteiger partial charge on any atom is 0.256 e. The Balaban J connectivity index is 1.26. The minimum absolute atomic E-state index is 0.201. The third-order valence-electron chi connectivity index (χ3n) is 7.16. The van der Waals surface area contributed by atoms with Gasteiger partial charge in [0.2, 0.25) is 11.8 Å². The van der Waals surface area contributed by atoms with Gasteiger partial charge in [-0.25, -0.2) is 0 Å². The molecule has 3 aliphatic heterocycles. The van der Waals surface area contributed by atoms with E-state index in [0.29, 0.717) is 36.2 Å². The van der Waals surface area contributed by atoms with Gasteiger partial charge in [0.15, 0.2) is 0 Å². The summed E-state index contributed by atoms with van der Waals surface area (Å²) in [6.07, 6.45) is 1.59. The SMILES string of the molecule is Cc1cc(CN2CCC(O)(c3ccc4c(n3)CN(C3CCC(=O)NC3=O)C4=O)CC2)ccc1Cl. The first-order valence-corrected chi connectivity index (χ1v) is 12.0. The Kier molecular flexibility index (Phi) is 5.91. The molecule has 9 heteroatoms. The van der Waals surface area contributed by atoms with Crippen LogP contribution in [-0.4, -0.2) is 56.7 Å². The fourth-order valence-electron chi connectivity index (χ4n) is 5.10. The topological polar surface area (TPSA) is 103 Å². The van der Waals surface area contributed by atoms with E-state index in [2.05, 4.69) is 21.3 Å². The van der Waals surface area contributed by atoms with E-state index in [0.717, 1.165) is 30.2 Å². The maximum absolute atomic E-state index is 12.9. The van der Waals surface area contributed by atoms with Gasteiger partial charge in [-0.3, -0.25) is 29.6 Å². The van der Waals surface area contributed by atoms with Gasteiger partial charge in [-0.15, -0.1) is 0 Å². The van der Waals surface area contributed by atoms with Crippen molar-refractivity contribution in [3.63, 3.8) is 0 Å². The van der Waals surface area contributed by atoms with Crippen LogP contribution in [0.4, 0.5) is 0 Å². The molecule has 0 saturated carbocycles. The molecule has 4 heterocycles. The third-order valence-corrected chi connectivity index (χ3v) is 7.58. The second-order valence-corrected chi connectivity index (χ2v) is 9.89. The van der Waals surface area contributed by atoms with E-state index >= 15 is 0 Å². The third kappa shape index (κ3) is 4.21. The zero-order valence-corrected chi connectivity index (χ0v) is 19.8. The van der Waals surface area contributed by atoms with Crippen LogP contribution < -0.4 is 5.32 Å². The van der Waals surface area contributed by atoms with Gasteiger partial charge in [-0.2, -0.15) is 0 Å². The Hall–Kier alpha value is -2.81. The number of imide groups is 1. The molecule has 1 aromatic heterocycles. The second-order valence-electron chi connectivity index (χ2n) is 9.48. The molecular weight excluding hydrogens is 456 g/mol. The minimum Gasteiger partial charge on any atom is -0.383 e. The first-order chi connectivity index (χ1) is 16.2. The maximum atomic E-state index is 12.9. The number of benzene rings is 1. The van der Waals surface area contributed by atoms with Crippen molar-refractivity contribution in [2.45, 2.75) is 57.3 Å². The predicted molar refractivity (Wildman–Crippen MR) is 125 cm³/mol. The normalized spacial score (nSPS) is 22.6. The molecule has 3 aliphatic rings. The van der Waals surface area contributed by atoms with Crippen LogP contribution in [0.5, 0.6) is 0 Å². The number of aryl methyl sites for hydroxylation is 1. The molecule has 34 heavy (non-hydrogen) atoms. The summed E-state index contributed by atoms with van der Waals surface area (Å²) in [5.41, 5.74) is 2.76. The molecule has 1 unspecified atom stereocenters. The number of rotatable bonds is 4. The average Bonchev–Trinajstić information content (AvgIpc) is 3.13. The number of carbonyl (C=O) groups excluding carboxylic acids is 3. The number of nitrogens with one attached hydrogen (secondary N) is 1. The number of hydrogen-bond acceptors (Lipinski definition) is 6. The van der Waals surface area contributed by atoms with Crippen LogP contribution in [0.2, 0.25) is 5.02 Å². The molecule has 0 aliphatic carbocycles.